The van der Waals surface area contributed by atoms with Gasteiger partial charge in [-0.15, -0.1) is 0 Å². The van der Waals surface area contributed by atoms with Crippen molar-refractivity contribution in [1.29, 1.82) is 0 Å². The van der Waals surface area contributed by atoms with Crippen LogP contribution in [0.4, 0.5) is 0 Å². The van der Waals surface area contributed by atoms with Crippen LogP contribution in [0.15, 0.2) is 72.9 Å². The van der Waals surface area contributed by atoms with Crippen LogP contribution in [0.3, 0.4) is 0 Å². The second kappa shape index (κ2) is 35.0. The number of allylic oxidation sites excluding steroid dienone is 12. The summed E-state index contributed by atoms with van der Waals surface area (Å²) in [6, 6.07) is 0. The maximum atomic E-state index is 12.6. The highest BCUT2D eigenvalue weighted by Gasteiger charge is 2.26. The van der Waals surface area contributed by atoms with Crippen molar-refractivity contribution < 1.29 is 37.3 Å². The molecule has 0 saturated heterocycles. The zero-order valence-corrected chi connectivity index (χ0v) is 34.0. The van der Waals surface area contributed by atoms with Crippen LogP contribution in [0.25, 0.3) is 0 Å². The van der Waals surface area contributed by atoms with Gasteiger partial charge in [0.25, 0.3) is 0 Å². The van der Waals surface area contributed by atoms with Crippen molar-refractivity contribution in [2.45, 2.75) is 136 Å². The number of carbonyl (C=O) groups excluding carboxylic acids is 1. The van der Waals surface area contributed by atoms with Crippen LogP contribution in [0.5, 0.6) is 0 Å². The molecular weight excluding hydrogens is 661 g/mol. The molecule has 0 fully saturated rings. The van der Waals surface area contributed by atoms with Crippen molar-refractivity contribution in [2.24, 2.45) is 0 Å². The first-order chi connectivity index (χ1) is 24.6. The maximum Gasteiger partial charge on any atom is 0.472 e. The standard InChI is InChI=1S/C42H74NO7P/c1-6-8-10-12-14-15-16-17-18-19-20-21-22-23-24-25-26-27-28-29-30-31-33-35-42(44)50-41(39-47-37-34-32-13-11-9-7-2)40-49-51(45,46)48-38-36-43(3,4)5/h8,10,14-15,17-18,20-21,23-24,26-27,41H,6-7,9,11-13,16,19,22,25,28-40H2,1-5H3/p+1/b10-8-,15-14-,18-17-,21-20-,24-23-,27-26-. The number of hydrogen-bond acceptors (Lipinski definition) is 6. The Hall–Kier alpha value is -2.06. The summed E-state index contributed by atoms with van der Waals surface area (Å²) in [7, 11) is 1.63. The second-order valence-electron chi connectivity index (χ2n) is 13.9. The summed E-state index contributed by atoms with van der Waals surface area (Å²) >= 11 is 0. The summed E-state index contributed by atoms with van der Waals surface area (Å²) in [6.45, 7) is 5.39. The van der Waals surface area contributed by atoms with Crippen molar-refractivity contribution in [3.05, 3.63) is 72.9 Å². The largest absolute Gasteiger partial charge is 0.472 e. The summed E-state index contributed by atoms with van der Waals surface area (Å²) in [5, 5.41) is 0. The maximum absolute atomic E-state index is 12.6. The monoisotopic (exact) mass is 737 g/mol. The van der Waals surface area contributed by atoms with Gasteiger partial charge in [0.15, 0.2) is 0 Å². The van der Waals surface area contributed by atoms with Gasteiger partial charge in [-0.2, -0.15) is 0 Å². The molecule has 0 rings (SSSR count). The number of phosphoric acid groups is 1. The number of unbranched alkanes of at least 4 members (excludes halogenated alkanes) is 9. The molecule has 0 heterocycles. The molecule has 0 aromatic carbocycles. The Morgan fingerprint density at radius 3 is 1.71 bits per heavy atom. The van der Waals surface area contributed by atoms with Gasteiger partial charge in [0.05, 0.1) is 34.4 Å². The number of rotatable bonds is 35. The van der Waals surface area contributed by atoms with Gasteiger partial charge in [-0.1, -0.05) is 132 Å². The third kappa shape index (κ3) is 39.0. The van der Waals surface area contributed by atoms with Crippen LogP contribution >= 0.6 is 7.82 Å². The molecule has 0 bridgehead atoms. The van der Waals surface area contributed by atoms with Crippen LogP contribution < -0.4 is 0 Å². The van der Waals surface area contributed by atoms with Crippen molar-refractivity contribution in [1.82, 2.24) is 0 Å². The summed E-state index contributed by atoms with van der Waals surface area (Å²) in [6.07, 6.45) is 43.8. The number of ether oxygens (including phenoxy) is 2. The summed E-state index contributed by atoms with van der Waals surface area (Å²) < 4.78 is 34.6. The molecule has 0 aromatic rings. The Labute approximate surface area is 312 Å². The van der Waals surface area contributed by atoms with Crippen molar-refractivity contribution in [3.8, 4) is 0 Å². The number of likely N-dealkylation sites (N-methyl/N-ethyl adjacent to an activating group) is 1. The van der Waals surface area contributed by atoms with Gasteiger partial charge < -0.3 is 18.9 Å². The molecule has 8 nitrogen and oxygen atoms in total. The van der Waals surface area contributed by atoms with Gasteiger partial charge in [0.1, 0.15) is 19.3 Å². The third-order valence-corrected chi connectivity index (χ3v) is 8.77. The van der Waals surface area contributed by atoms with E-state index < -0.39 is 13.9 Å². The quantitative estimate of drug-likeness (QED) is 0.0228. The SMILES string of the molecule is CC/C=C\C/C=C\C/C=C\C/C=C\C/C=C\C/C=C\CCCCCCC(=O)OC(COCCCCCCCC)COP(=O)(O)OCC[N+](C)(C)C. The fourth-order valence-corrected chi connectivity index (χ4v) is 5.47. The Kier molecular flexibility index (Phi) is 33.6. The van der Waals surface area contributed by atoms with E-state index in [1.807, 2.05) is 21.1 Å². The lowest BCUT2D eigenvalue weighted by molar-refractivity contribution is -0.870. The summed E-state index contributed by atoms with van der Waals surface area (Å²) in [5.41, 5.74) is 0. The first-order valence-corrected chi connectivity index (χ1v) is 21.2. The lowest BCUT2D eigenvalue weighted by Gasteiger charge is -2.24. The van der Waals surface area contributed by atoms with Gasteiger partial charge in [0.2, 0.25) is 0 Å². The molecule has 2 atom stereocenters. The highest BCUT2D eigenvalue weighted by molar-refractivity contribution is 7.47. The highest BCUT2D eigenvalue weighted by atomic mass is 31.2. The predicted octanol–water partition coefficient (Wildman–Crippen LogP) is 11.2. The molecule has 1 N–H and O–H groups in total. The van der Waals surface area contributed by atoms with Gasteiger partial charge in [0, 0.05) is 13.0 Å². The number of carbonyl (C=O) groups is 1. The fraction of sp³-hybridized carbons (Fsp3) is 0.690. The molecule has 0 spiro atoms. The zero-order valence-electron chi connectivity index (χ0n) is 33.1. The lowest BCUT2D eigenvalue weighted by atomic mass is 10.1. The Bertz CT molecular complexity index is 1040. The van der Waals surface area contributed by atoms with Gasteiger partial charge in [-0.05, 0) is 64.2 Å². The van der Waals surface area contributed by atoms with E-state index in [1.165, 1.54) is 25.7 Å². The molecule has 51 heavy (non-hydrogen) atoms. The van der Waals surface area contributed by atoms with E-state index in [2.05, 4.69) is 86.8 Å². The second-order valence-corrected chi connectivity index (χ2v) is 15.4. The van der Waals surface area contributed by atoms with Crippen LogP contribution in [-0.4, -0.2) is 75.6 Å². The third-order valence-electron chi connectivity index (χ3n) is 7.78. The molecular formula is C42H75NO7P+. The fourth-order valence-electron chi connectivity index (χ4n) is 4.73. The normalized spacial score (nSPS) is 14.7. The smallest absolute Gasteiger partial charge is 0.457 e. The Morgan fingerprint density at radius 2 is 1.14 bits per heavy atom. The van der Waals surface area contributed by atoms with Crippen LogP contribution in [0, 0.1) is 0 Å². The molecule has 9 heteroatoms. The van der Waals surface area contributed by atoms with E-state index in [4.69, 9.17) is 18.5 Å². The van der Waals surface area contributed by atoms with Gasteiger partial charge >= 0.3 is 13.8 Å². The number of esters is 1. The van der Waals surface area contributed by atoms with E-state index in [0.29, 0.717) is 24.1 Å². The van der Waals surface area contributed by atoms with E-state index in [0.717, 1.165) is 83.5 Å². The summed E-state index contributed by atoms with van der Waals surface area (Å²) in [5.74, 6) is -0.345. The minimum atomic E-state index is -4.27. The van der Waals surface area contributed by atoms with Crippen molar-refractivity contribution in [3.63, 3.8) is 0 Å². The van der Waals surface area contributed by atoms with E-state index in [-0.39, 0.29) is 25.8 Å². The lowest BCUT2D eigenvalue weighted by Crippen LogP contribution is -2.37. The molecule has 294 valence electrons. The molecule has 0 aliphatic carbocycles. The molecule has 2 unspecified atom stereocenters. The molecule has 0 aliphatic rings. The summed E-state index contributed by atoms with van der Waals surface area (Å²) in [4.78, 5) is 22.7. The minimum absolute atomic E-state index is 0.0797. The minimum Gasteiger partial charge on any atom is -0.457 e. The van der Waals surface area contributed by atoms with Crippen molar-refractivity contribution in [2.75, 3.05) is 54.1 Å². The first kappa shape index (κ1) is 48.9. The molecule has 0 radical (unpaired) electrons. The van der Waals surface area contributed by atoms with E-state index in [9.17, 15) is 14.3 Å². The van der Waals surface area contributed by atoms with Gasteiger partial charge in [-0.3, -0.25) is 13.8 Å². The Morgan fingerprint density at radius 1 is 0.627 bits per heavy atom. The van der Waals surface area contributed by atoms with E-state index in [1.54, 1.807) is 0 Å². The van der Waals surface area contributed by atoms with E-state index >= 15 is 0 Å². The average molecular weight is 737 g/mol. The number of phosphoric ester groups is 1. The molecule has 0 aromatic heterocycles. The zero-order chi connectivity index (χ0) is 37.7. The van der Waals surface area contributed by atoms with Crippen molar-refractivity contribution >= 4 is 13.8 Å². The van der Waals surface area contributed by atoms with Crippen LogP contribution in [0.2, 0.25) is 0 Å². The molecule has 0 saturated carbocycles. The predicted molar refractivity (Wildman–Crippen MR) is 215 cm³/mol. The van der Waals surface area contributed by atoms with Crippen LogP contribution in [0.1, 0.15) is 129 Å². The van der Waals surface area contributed by atoms with Gasteiger partial charge in [-0.25, -0.2) is 4.57 Å². The first-order valence-electron chi connectivity index (χ1n) is 19.7. The molecule has 0 aliphatic heterocycles. The number of nitrogens with zero attached hydrogens (tertiary/aromatic N) is 1. The number of hydrogen-bond donors (Lipinski definition) is 1. The van der Waals surface area contributed by atoms with Crippen LogP contribution in [-0.2, 0) is 27.9 Å². The Balaban J connectivity index is 4.21. The number of quaternary nitrogens is 1. The molecule has 0 amide bonds. The average Bonchev–Trinajstić information content (AvgIpc) is 3.08. The topological polar surface area (TPSA) is 91.3 Å². The highest BCUT2D eigenvalue weighted by Crippen LogP contribution is 2.43.